The molecule has 2 aromatic rings. The first-order valence-corrected chi connectivity index (χ1v) is 8.10. The number of carbonyl (C=O) groups is 2. The Balaban J connectivity index is 1.92. The van der Waals surface area contributed by atoms with Crippen LogP contribution in [0.3, 0.4) is 0 Å². The number of carbonyl (C=O) groups excluding carboxylic acids is 2. The Morgan fingerprint density at radius 3 is 2.91 bits per heavy atom. The van der Waals surface area contributed by atoms with Crippen LogP contribution in [0.5, 0.6) is 0 Å². The summed E-state index contributed by atoms with van der Waals surface area (Å²) in [6.45, 7) is 1.00. The van der Waals surface area contributed by atoms with Crippen molar-refractivity contribution >= 4 is 23.2 Å². The number of hydrogen-bond acceptors (Lipinski definition) is 4. The molecule has 1 saturated heterocycles. The number of rotatable bonds is 3. The van der Waals surface area contributed by atoms with Crippen molar-refractivity contribution in [3.05, 3.63) is 40.8 Å². The van der Waals surface area contributed by atoms with Gasteiger partial charge in [0, 0.05) is 26.0 Å². The van der Waals surface area contributed by atoms with Gasteiger partial charge in [-0.05, 0) is 30.4 Å². The molecule has 0 aromatic carbocycles. The highest BCUT2D eigenvalue weighted by Crippen LogP contribution is 2.30. The van der Waals surface area contributed by atoms with E-state index in [9.17, 15) is 9.59 Å². The minimum Gasteiger partial charge on any atom is -0.357 e. The van der Waals surface area contributed by atoms with Crippen LogP contribution in [-0.4, -0.2) is 46.6 Å². The van der Waals surface area contributed by atoms with Crippen LogP contribution in [0, 0.1) is 0 Å². The first-order valence-electron chi connectivity index (χ1n) is 7.22. The van der Waals surface area contributed by atoms with Crippen LogP contribution >= 0.6 is 11.3 Å². The SMILES string of the molecule is CNC(=O)C1(n2cccn2)CCCN(C(=O)c2cccs2)C1. The largest absolute Gasteiger partial charge is 0.357 e. The summed E-state index contributed by atoms with van der Waals surface area (Å²) >= 11 is 1.42. The minimum absolute atomic E-state index is 0.0184. The lowest BCUT2D eigenvalue weighted by Gasteiger charge is -2.41. The summed E-state index contributed by atoms with van der Waals surface area (Å²) < 4.78 is 1.68. The van der Waals surface area contributed by atoms with Crippen molar-refractivity contribution in [2.24, 2.45) is 0 Å². The first-order chi connectivity index (χ1) is 10.7. The first kappa shape index (κ1) is 14.8. The topological polar surface area (TPSA) is 67.2 Å². The van der Waals surface area contributed by atoms with E-state index in [2.05, 4.69) is 10.4 Å². The molecule has 7 heteroatoms. The van der Waals surface area contributed by atoms with Gasteiger partial charge in [0.1, 0.15) is 0 Å². The number of likely N-dealkylation sites (N-methyl/N-ethyl adjacent to an activating group) is 1. The van der Waals surface area contributed by atoms with E-state index < -0.39 is 5.54 Å². The molecule has 1 aliphatic heterocycles. The Morgan fingerprint density at radius 1 is 1.41 bits per heavy atom. The molecule has 6 nitrogen and oxygen atoms in total. The molecule has 1 atom stereocenters. The molecule has 1 aliphatic rings. The minimum atomic E-state index is -0.830. The van der Waals surface area contributed by atoms with Gasteiger partial charge >= 0.3 is 0 Å². The van der Waals surface area contributed by atoms with E-state index in [0.29, 0.717) is 24.4 Å². The van der Waals surface area contributed by atoms with Crippen LogP contribution in [0.15, 0.2) is 36.0 Å². The van der Waals surface area contributed by atoms with Gasteiger partial charge in [-0.15, -0.1) is 11.3 Å². The second kappa shape index (κ2) is 5.92. The zero-order valence-electron chi connectivity index (χ0n) is 12.4. The molecule has 1 fully saturated rings. The Morgan fingerprint density at radius 2 is 2.27 bits per heavy atom. The van der Waals surface area contributed by atoms with E-state index in [1.165, 1.54) is 11.3 Å². The van der Waals surface area contributed by atoms with Crippen LogP contribution in [0.25, 0.3) is 0 Å². The number of hydrogen-bond donors (Lipinski definition) is 1. The van der Waals surface area contributed by atoms with Crippen LogP contribution in [0.4, 0.5) is 0 Å². The Labute approximate surface area is 132 Å². The fourth-order valence-corrected chi connectivity index (χ4v) is 3.69. The van der Waals surface area contributed by atoms with Gasteiger partial charge in [0.2, 0.25) is 5.91 Å². The highest BCUT2D eigenvalue weighted by Gasteiger charge is 2.45. The van der Waals surface area contributed by atoms with E-state index in [1.54, 1.807) is 35.1 Å². The monoisotopic (exact) mass is 318 g/mol. The molecule has 1 N–H and O–H groups in total. The second-order valence-corrected chi connectivity index (χ2v) is 6.32. The smallest absolute Gasteiger partial charge is 0.264 e. The third-order valence-electron chi connectivity index (χ3n) is 4.08. The third-order valence-corrected chi connectivity index (χ3v) is 4.94. The van der Waals surface area contributed by atoms with Crippen molar-refractivity contribution in [1.82, 2.24) is 20.0 Å². The highest BCUT2D eigenvalue weighted by atomic mass is 32.1. The fourth-order valence-electron chi connectivity index (χ4n) is 3.00. The van der Waals surface area contributed by atoms with E-state index >= 15 is 0 Å². The van der Waals surface area contributed by atoms with Crippen molar-refractivity contribution < 1.29 is 9.59 Å². The second-order valence-electron chi connectivity index (χ2n) is 5.37. The average Bonchev–Trinajstić information content (AvgIpc) is 3.26. The number of aromatic nitrogens is 2. The average molecular weight is 318 g/mol. The van der Waals surface area contributed by atoms with Gasteiger partial charge in [-0.1, -0.05) is 6.07 Å². The molecule has 0 saturated carbocycles. The lowest BCUT2D eigenvalue weighted by molar-refractivity contribution is -0.132. The zero-order chi connectivity index (χ0) is 15.6. The lowest BCUT2D eigenvalue weighted by atomic mass is 9.88. The summed E-state index contributed by atoms with van der Waals surface area (Å²) in [7, 11) is 1.62. The summed E-state index contributed by atoms with van der Waals surface area (Å²) in [6, 6.07) is 5.48. The Kier molecular flexibility index (Phi) is 3.98. The maximum atomic E-state index is 12.6. The van der Waals surface area contributed by atoms with E-state index in [0.717, 1.165) is 6.42 Å². The molecule has 2 aromatic heterocycles. The van der Waals surface area contributed by atoms with Crippen molar-refractivity contribution in [2.75, 3.05) is 20.1 Å². The predicted molar refractivity (Wildman–Crippen MR) is 83.7 cm³/mol. The maximum Gasteiger partial charge on any atom is 0.264 e. The molecular formula is C15H18N4O2S. The van der Waals surface area contributed by atoms with Gasteiger partial charge in [0.15, 0.2) is 5.54 Å². The standard InChI is InChI=1S/C15H18N4O2S/c1-16-14(21)15(19-9-4-7-17-19)6-3-8-18(11-15)13(20)12-5-2-10-22-12/h2,4-5,7,9-10H,3,6,8,11H2,1H3,(H,16,21). The zero-order valence-corrected chi connectivity index (χ0v) is 13.2. The van der Waals surface area contributed by atoms with Gasteiger partial charge in [-0.25, -0.2) is 0 Å². The molecule has 22 heavy (non-hydrogen) atoms. The van der Waals surface area contributed by atoms with Gasteiger partial charge in [-0.2, -0.15) is 5.10 Å². The van der Waals surface area contributed by atoms with E-state index in [4.69, 9.17) is 0 Å². The van der Waals surface area contributed by atoms with Gasteiger partial charge in [-0.3, -0.25) is 14.3 Å². The van der Waals surface area contributed by atoms with Crippen molar-refractivity contribution in [2.45, 2.75) is 18.4 Å². The van der Waals surface area contributed by atoms with Crippen molar-refractivity contribution in [1.29, 1.82) is 0 Å². The van der Waals surface area contributed by atoms with Crippen molar-refractivity contribution in [3.63, 3.8) is 0 Å². The highest BCUT2D eigenvalue weighted by molar-refractivity contribution is 7.12. The lowest BCUT2D eigenvalue weighted by Crippen LogP contribution is -2.59. The molecule has 0 radical (unpaired) electrons. The molecule has 0 aliphatic carbocycles. The number of nitrogens with one attached hydrogen (secondary N) is 1. The van der Waals surface area contributed by atoms with Crippen LogP contribution in [0.2, 0.25) is 0 Å². The number of amides is 2. The number of likely N-dealkylation sites (tertiary alicyclic amines) is 1. The molecule has 2 amide bonds. The summed E-state index contributed by atoms with van der Waals surface area (Å²) in [5.41, 5.74) is -0.830. The number of piperidine rings is 1. The Hall–Kier alpha value is -2.15. The third kappa shape index (κ3) is 2.41. The summed E-state index contributed by atoms with van der Waals surface area (Å²) in [6.07, 6.45) is 4.88. The quantitative estimate of drug-likeness (QED) is 0.928. The van der Waals surface area contributed by atoms with Gasteiger partial charge in [0.05, 0.1) is 11.4 Å². The molecule has 0 bridgehead atoms. The molecule has 1 unspecified atom stereocenters. The van der Waals surface area contributed by atoms with Gasteiger partial charge in [0.25, 0.3) is 5.91 Å². The maximum absolute atomic E-state index is 12.6. The summed E-state index contributed by atoms with van der Waals surface area (Å²) in [4.78, 5) is 27.6. The molecule has 3 rings (SSSR count). The predicted octanol–water partition coefficient (Wildman–Crippen LogP) is 1.32. The fraction of sp³-hybridized carbons (Fsp3) is 0.400. The molecular weight excluding hydrogens is 300 g/mol. The normalized spacial score (nSPS) is 21.6. The van der Waals surface area contributed by atoms with E-state index in [-0.39, 0.29) is 11.8 Å². The van der Waals surface area contributed by atoms with Crippen LogP contribution < -0.4 is 5.32 Å². The van der Waals surface area contributed by atoms with Crippen LogP contribution in [0.1, 0.15) is 22.5 Å². The van der Waals surface area contributed by atoms with Crippen LogP contribution in [-0.2, 0) is 10.3 Å². The molecule has 0 spiro atoms. The number of nitrogens with zero attached hydrogens (tertiary/aromatic N) is 3. The summed E-state index contributed by atoms with van der Waals surface area (Å²) in [5.74, 6) is -0.130. The Bertz CT molecular complexity index is 653. The van der Waals surface area contributed by atoms with Crippen molar-refractivity contribution in [3.8, 4) is 0 Å². The molecule has 116 valence electrons. The molecule has 3 heterocycles. The van der Waals surface area contributed by atoms with E-state index in [1.807, 2.05) is 17.5 Å². The van der Waals surface area contributed by atoms with Gasteiger partial charge < -0.3 is 10.2 Å². The number of thiophene rings is 1. The summed E-state index contributed by atoms with van der Waals surface area (Å²) in [5, 5.41) is 8.87.